The second kappa shape index (κ2) is 7.41. The summed E-state index contributed by atoms with van der Waals surface area (Å²) in [6, 6.07) is 0. The summed E-state index contributed by atoms with van der Waals surface area (Å²) in [6.45, 7) is 13.3. The van der Waals surface area contributed by atoms with Gasteiger partial charge < -0.3 is 0 Å². The zero-order valence-electron chi connectivity index (χ0n) is 9.97. The van der Waals surface area contributed by atoms with Crippen molar-refractivity contribution in [2.45, 2.75) is 59.8 Å². The van der Waals surface area contributed by atoms with Gasteiger partial charge in [-0.15, -0.1) is 0 Å². The number of hydrogen-bond donors (Lipinski definition) is 0. The Morgan fingerprint density at radius 1 is 1.00 bits per heavy atom. The van der Waals surface area contributed by atoms with Gasteiger partial charge in [-0.2, -0.15) is 0 Å². The average molecular weight is 183 g/mol. The molecule has 0 N–H and O–H groups in total. The normalized spacial score (nSPS) is 16.2. The van der Waals surface area contributed by atoms with Crippen molar-refractivity contribution in [3.8, 4) is 0 Å². The second-order valence-electron chi connectivity index (χ2n) is 4.93. The zero-order valence-corrected chi connectivity index (χ0v) is 9.97. The predicted octanol–water partition coefficient (Wildman–Crippen LogP) is 4.70. The van der Waals surface area contributed by atoms with E-state index < -0.39 is 0 Å². The summed E-state index contributed by atoms with van der Waals surface area (Å²) in [7, 11) is 0. The van der Waals surface area contributed by atoms with E-state index in [9.17, 15) is 0 Å². The van der Waals surface area contributed by atoms with Crippen molar-refractivity contribution in [1.82, 2.24) is 0 Å². The summed E-state index contributed by atoms with van der Waals surface area (Å²) in [5.74, 6) is 2.39. The molecule has 0 heteroatoms. The van der Waals surface area contributed by atoms with E-state index in [-0.39, 0.29) is 0 Å². The molecule has 0 aliphatic rings. The molecule has 0 heterocycles. The zero-order chi connectivity index (χ0) is 10.3. The lowest BCUT2D eigenvalue weighted by Gasteiger charge is -2.18. The van der Waals surface area contributed by atoms with E-state index in [2.05, 4.69) is 34.6 Å². The van der Waals surface area contributed by atoms with Crippen molar-refractivity contribution in [3.63, 3.8) is 0 Å². The van der Waals surface area contributed by atoms with Gasteiger partial charge in [0.1, 0.15) is 0 Å². The fourth-order valence-electron chi connectivity index (χ4n) is 2.14. The molecule has 0 nitrogen and oxygen atoms in total. The Morgan fingerprint density at radius 2 is 1.62 bits per heavy atom. The lowest BCUT2D eigenvalue weighted by atomic mass is 9.88. The molecule has 0 aromatic heterocycles. The van der Waals surface area contributed by atoms with Crippen molar-refractivity contribution in [2.24, 2.45) is 17.8 Å². The van der Waals surface area contributed by atoms with Crippen molar-refractivity contribution < 1.29 is 0 Å². The standard InChI is InChI=1S/C13H27/c1-6-7-8-12(4)10-13(5)9-11(2)3/h11-13H,2,6-10H2,1,3-5H3. The van der Waals surface area contributed by atoms with Crippen LogP contribution in [0, 0.1) is 24.7 Å². The maximum Gasteiger partial charge on any atom is -0.0438 e. The Bertz CT molecular complexity index is 105. The van der Waals surface area contributed by atoms with Gasteiger partial charge >= 0.3 is 0 Å². The average Bonchev–Trinajstić information content (AvgIpc) is 1.98. The molecular weight excluding hydrogens is 156 g/mol. The highest BCUT2D eigenvalue weighted by atomic mass is 14.2. The molecular formula is C13H27. The van der Waals surface area contributed by atoms with E-state index in [1.165, 1.54) is 32.1 Å². The van der Waals surface area contributed by atoms with Crippen LogP contribution in [0.2, 0.25) is 0 Å². The molecule has 0 rings (SSSR count). The van der Waals surface area contributed by atoms with Gasteiger partial charge in [0.15, 0.2) is 0 Å². The van der Waals surface area contributed by atoms with Crippen LogP contribution in [-0.2, 0) is 0 Å². The van der Waals surface area contributed by atoms with Gasteiger partial charge in [-0.05, 0) is 30.6 Å². The maximum atomic E-state index is 4.05. The summed E-state index contributed by atoms with van der Waals surface area (Å²) in [6.07, 6.45) is 6.82. The first-order valence-corrected chi connectivity index (χ1v) is 5.89. The highest BCUT2D eigenvalue weighted by Gasteiger charge is 2.09. The van der Waals surface area contributed by atoms with Gasteiger partial charge in [0.05, 0.1) is 0 Å². The Labute approximate surface area is 85.1 Å². The van der Waals surface area contributed by atoms with E-state index in [1.54, 1.807) is 0 Å². The molecule has 0 aliphatic carbocycles. The monoisotopic (exact) mass is 183 g/mol. The van der Waals surface area contributed by atoms with E-state index in [0.29, 0.717) is 5.92 Å². The quantitative estimate of drug-likeness (QED) is 0.536. The molecule has 0 bridgehead atoms. The number of hydrogen-bond acceptors (Lipinski definition) is 0. The largest absolute Gasteiger partial charge is 0.0654 e. The van der Waals surface area contributed by atoms with Crippen LogP contribution in [-0.4, -0.2) is 0 Å². The summed E-state index contributed by atoms with van der Waals surface area (Å²) >= 11 is 0. The highest BCUT2D eigenvalue weighted by Crippen LogP contribution is 2.22. The van der Waals surface area contributed by atoms with Crippen molar-refractivity contribution in [3.05, 3.63) is 6.92 Å². The lowest BCUT2D eigenvalue weighted by molar-refractivity contribution is 0.348. The van der Waals surface area contributed by atoms with E-state index >= 15 is 0 Å². The third-order valence-corrected chi connectivity index (χ3v) is 2.66. The van der Waals surface area contributed by atoms with Crippen molar-refractivity contribution in [1.29, 1.82) is 0 Å². The molecule has 0 saturated carbocycles. The minimum atomic E-state index is 0.619. The van der Waals surface area contributed by atoms with Gasteiger partial charge in [-0.3, -0.25) is 0 Å². The Morgan fingerprint density at radius 3 is 2.08 bits per heavy atom. The smallest absolute Gasteiger partial charge is 0.0438 e. The van der Waals surface area contributed by atoms with Crippen LogP contribution in [0.4, 0.5) is 0 Å². The Hall–Kier alpha value is 0. The molecule has 0 aromatic carbocycles. The third kappa shape index (κ3) is 8.33. The summed E-state index contributed by atoms with van der Waals surface area (Å²) in [5, 5.41) is 0. The highest BCUT2D eigenvalue weighted by molar-refractivity contribution is 4.64. The summed E-state index contributed by atoms with van der Waals surface area (Å²) in [4.78, 5) is 0. The molecule has 3 unspecified atom stereocenters. The van der Waals surface area contributed by atoms with Crippen LogP contribution in [0.1, 0.15) is 59.8 Å². The molecule has 0 fully saturated rings. The number of unbranched alkanes of at least 4 members (excludes halogenated alkanes) is 1. The van der Waals surface area contributed by atoms with Crippen LogP contribution in [0.3, 0.4) is 0 Å². The van der Waals surface area contributed by atoms with E-state index in [4.69, 9.17) is 0 Å². The third-order valence-electron chi connectivity index (χ3n) is 2.66. The minimum absolute atomic E-state index is 0.619. The summed E-state index contributed by atoms with van der Waals surface area (Å²) in [5.41, 5.74) is 0. The lowest BCUT2D eigenvalue weighted by Crippen LogP contribution is -2.06. The SMILES string of the molecule is [CH2]C(C)CC(C)CC(C)CCCC. The predicted molar refractivity (Wildman–Crippen MR) is 61.6 cm³/mol. The van der Waals surface area contributed by atoms with Crippen LogP contribution in [0.25, 0.3) is 0 Å². The Kier molecular flexibility index (Phi) is 7.41. The topological polar surface area (TPSA) is 0 Å². The first kappa shape index (κ1) is 13.0. The van der Waals surface area contributed by atoms with Gasteiger partial charge in [-0.1, -0.05) is 53.9 Å². The maximum absolute atomic E-state index is 4.05. The molecule has 13 heavy (non-hydrogen) atoms. The molecule has 0 aromatic rings. The van der Waals surface area contributed by atoms with E-state index in [0.717, 1.165) is 11.8 Å². The molecule has 1 radical (unpaired) electrons. The minimum Gasteiger partial charge on any atom is -0.0654 e. The van der Waals surface area contributed by atoms with Crippen LogP contribution in [0.15, 0.2) is 0 Å². The van der Waals surface area contributed by atoms with Crippen LogP contribution < -0.4 is 0 Å². The second-order valence-corrected chi connectivity index (χ2v) is 4.93. The van der Waals surface area contributed by atoms with E-state index in [1.807, 2.05) is 0 Å². The molecule has 79 valence electrons. The molecule has 0 amide bonds. The fraction of sp³-hybridized carbons (Fsp3) is 0.923. The van der Waals surface area contributed by atoms with Crippen molar-refractivity contribution >= 4 is 0 Å². The van der Waals surface area contributed by atoms with Crippen molar-refractivity contribution in [2.75, 3.05) is 0 Å². The van der Waals surface area contributed by atoms with Gasteiger partial charge in [0.25, 0.3) is 0 Å². The molecule has 0 aliphatic heterocycles. The van der Waals surface area contributed by atoms with Gasteiger partial charge in [0.2, 0.25) is 0 Å². The van der Waals surface area contributed by atoms with Crippen LogP contribution >= 0.6 is 0 Å². The molecule has 3 atom stereocenters. The van der Waals surface area contributed by atoms with Gasteiger partial charge in [0, 0.05) is 0 Å². The molecule has 0 spiro atoms. The van der Waals surface area contributed by atoms with Gasteiger partial charge in [-0.25, -0.2) is 0 Å². The molecule has 0 saturated heterocycles. The first-order valence-electron chi connectivity index (χ1n) is 5.89. The van der Waals surface area contributed by atoms with Crippen LogP contribution in [0.5, 0.6) is 0 Å². The Balaban J connectivity index is 3.46. The number of rotatable bonds is 7. The first-order chi connectivity index (χ1) is 6.06. The fourth-order valence-corrected chi connectivity index (χ4v) is 2.14. The summed E-state index contributed by atoms with van der Waals surface area (Å²) < 4.78 is 0.